The molecular weight excluding hydrogens is 364 g/mol. The first-order valence-electron chi connectivity index (χ1n) is 8.08. The van der Waals surface area contributed by atoms with Crippen LogP contribution in [0.3, 0.4) is 0 Å². The van der Waals surface area contributed by atoms with Crippen molar-refractivity contribution in [1.29, 1.82) is 0 Å². The zero-order valence-corrected chi connectivity index (χ0v) is 15.4. The Kier molecular flexibility index (Phi) is 5.00. The zero-order chi connectivity index (χ0) is 17.8. The Morgan fingerprint density at radius 2 is 1.77 bits per heavy atom. The molecule has 0 fully saturated rings. The van der Waals surface area contributed by atoms with Crippen LogP contribution in [0.4, 0.5) is 0 Å². The fourth-order valence-corrected chi connectivity index (χ4v) is 3.63. The molecule has 26 heavy (non-hydrogen) atoms. The van der Waals surface area contributed by atoms with Crippen LogP contribution in [-0.2, 0) is 5.75 Å². The van der Waals surface area contributed by atoms with Crippen molar-refractivity contribution in [2.75, 3.05) is 0 Å². The Morgan fingerprint density at radius 3 is 2.46 bits per heavy atom. The monoisotopic (exact) mass is 378 g/mol. The van der Waals surface area contributed by atoms with Gasteiger partial charge in [-0.2, -0.15) is 0 Å². The van der Waals surface area contributed by atoms with E-state index >= 15 is 0 Å². The predicted molar refractivity (Wildman–Crippen MR) is 106 cm³/mol. The van der Waals surface area contributed by atoms with Crippen molar-refractivity contribution in [3.8, 4) is 16.9 Å². The van der Waals surface area contributed by atoms with Gasteiger partial charge in [-0.3, -0.25) is 0 Å². The fraction of sp³-hybridized carbons (Fsp3) is 0.0500. The summed E-state index contributed by atoms with van der Waals surface area (Å²) in [4.78, 5) is 4.06. The molecule has 0 amide bonds. The van der Waals surface area contributed by atoms with Gasteiger partial charge < -0.3 is 4.57 Å². The number of imidazole rings is 1. The SMILES string of the molecule is Clc1ccccc1CSc1ccc(-c2ccc(-n3ccnc3)cc2)nn1. The van der Waals surface area contributed by atoms with E-state index in [4.69, 9.17) is 11.6 Å². The van der Waals surface area contributed by atoms with Gasteiger partial charge in [0.1, 0.15) is 5.03 Å². The summed E-state index contributed by atoms with van der Waals surface area (Å²) in [5, 5.41) is 10.3. The number of hydrogen-bond donors (Lipinski definition) is 0. The number of hydrogen-bond acceptors (Lipinski definition) is 4. The number of thioether (sulfide) groups is 1. The summed E-state index contributed by atoms with van der Waals surface area (Å²) >= 11 is 7.81. The van der Waals surface area contributed by atoms with Gasteiger partial charge in [-0.05, 0) is 35.9 Å². The summed E-state index contributed by atoms with van der Waals surface area (Å²) < 4.78 is 1.96. The highest BCUT2D eigenvalue weighted by atomic mass is 35.5. The predicted octanol–water partition coefficient (Wildman–Crippen LogP) is 5.28. The Labute approximate surface area is 160 Å². The van der Waals surface area contributed by atoms with Crippen LogP contribution in [0, 0.1) is 0 Å². The number of nitrogens with zero attached hydrogens (tertiary/aromatic N) is 4. The van der Waals surface area contributed by atoms with Crippen LogP contribution >= 0.6 is 23.4 Å². The van der Waals surface area contributed by atoms with E-state index in [2.05, 4.69) is 15.2 Å². The number of aromatic nitrogens is 4. The lowest BCUT2D eigenvalue weighted by molar-refractivity contribution is 0.935. The van der Waals surface area contributed by atoms with Crippen molar-refractivity contribution in [1.82, 2.24) is 19.7 Å². The topological polar surface area (TPSA) is 43.6 Å². The van der Waals surface area contributed by atoms with Crippen molar-refractivity contribution in [3.63, 3.8) is 0 Å². The van der Waals surface area contributed by atoms with Gasteiger partial charge in [0.05, 0.1) is 12.0 Å². The Hall–Kier alpha value is -2.63. The van der Waals surface area contributed by atoms with Crippen molar-refractivity contribution in [2.24, 2.45) is 0 Å². The minimum Gasteiger partial charge on any atom is -0.306 e. The average molecular weight is 379 g/mol. The third-order valence-corrected chi connectivity index (χ3v) is 5.28. The van der Waals surface area contributed by atoms with Crippen LogP contribution < -0.4 is 0 Å². The lowest BCUT2D eigenvalue weighted by atomic mass is 10.1. The van der Waals surface area contributed by atoms with Gasteiger partial charge in [-0.15, -0.1) is 10.2 Å². The van der Waals surface area contributed by atoms with Gasteiger partial charge >= 0.3 is 0 Å². The van der Waals surface area contributed by atoms with Crippen LogP contribution in [0.5, 0.6) is 0 Å². The molecule has 6 heteroatoms. The molecule has 0 aliphatic rings. The molecule has 0 spiro atoms. The lowest BCUT2D eigenvalue weighted by Gasteiger charge is -2.06. The van der Waals surface area contributed by atoms with E-state index in [1.165, 1.54) is 0 Å². The zero-order valence-electron chi connectivity index (χ0n) is 13.8. The van der Waals surface area contributed by atoms with Gasteiger partial charge in [0.15, 0.2) is 0 Å². The molecule has 0 saturated heterocycles. The van der Waals surface area contributed by atoms with Crippen LogP contribution in [0.1, 0.15) is 5.56 Å². The maximum Gasteiger partial charge on any atom is 0.119 e. The summed E-state index contributed by atoms with van der Waals surface area (Å²) in [5.41, 5.74) is 4.04. The minimum absolute atomic E-state index is 0.771. The lowest BCUT2D eigenvalue weighted by Crippen LogP contribution is -1.92. The first-order chi connectivity index (χ1) is 12.8. The van der Waals surface area contributed by atoms with E-state index in [1.807, 2.05) is 71.4 Å². The molecule has 0 unspecified atom stereocenters. The molecule has 2 heterocycles. The number of rotatable bonds is 5. The number of benzene rings is 2. The molecule has 0 bridgehead atoms. The Morgan fingerprint density at radius 1 is 0.923 bits per heavy atom. The van der Waals surface area contributed by atoms with Gasteiger partial charge in [-0.25, -0.2) is 4.98 Å². The van der Waals surface area contributed by atoms with Gasteiger partial charge in [0.25, 0.3) is 0 Å². The molecule has 0 radical (unpaired) electrons. The summed E-state index contributed by atoms with van der Waals surface area (Å²) in [6, 6.07) is 20.0. The molecule has 0 N–H and O–H groups in total. The van der Waals surface area contributed by atoms with Crippen molar-refractivity contribution in [3.05, 3.63) is 90.0 Å². The minimum atomic E-state index is 0.771. The van der Waals surface area contributed by atoms with Crippen molar-refractivity contribution >= 4 is 23.4 Å². The quantitative estimate of drug-likeness (QED) is 0.443. The number of halogens is 1. The molecule has 0 atom stereocenters. The highest BCUT2D eigenvalue weighted by Gasteiger charge is 2.05. The molecule has 128 valence electrons. The third kappa shape index (κ3) is 3.79. The first-order valence-corrected chi connectivity index (χ1v) is 9.45. The molecule has 0 aliphatic heterocycles. The average Bonchev–Trinajstić information content (AvgIpc) is 3.23. The highest BCUT2D eigenvalue weighted by Crippen LogP contribution is 2.26. The van der Waals surface area contributed by atoms with Gasteiger partial charge in [-0.1, -0.05) is 53.7 Å². The Balaban J connectivity index is 1.45. The molecule has 0 saturated carbocycles. The maximum atomic E-state index is 6.19. The third-order valence-electron chi connectivity index (χ3n) is 3.94. The van der Waals surface area contributed by atoms with Crippen LogP contribution in [0.15, 0.2) is 84.4 Å². The molecule has 4 rings (SSSR count). The van der Waals surface area contributed by atoms with E-state index in [0.717, 1.165) is 38.3 Å². The van der Waals surface area contributed by atoms with Crippen molar-refractivity contribution in [2.45, 2.75) is 10.8 Å². The molecule has 2 aromatic carbocycles. The largest absolute Gasteiger partial charge is 0.306 e. The fourth-order valence-electron chi connectivity index (χ4n) is 2.53. The van der Waals surface area contributed by atoms with Crippen LogP contribution in [-0.4, -0.2) is 19.7 Å². The van der Waals surface area contributed by atoms with E-state index in [0.29, 0.717) is 0 Å². The molecule has 4 nitrogen and oxygen atoms in total. The highest BCUT2D eigenvalue weighted by molar-refractivity contribution is 7.98. The summed E-state index contributed by atoms with van der Waals surface area (Å²) in [6.45, 7) is 0. The summed E-state index contributed by atoms with van der Waals surface area (Å²) in [7, 11) is 0. The van der Waals surface area contributed by atoms with Gasteiger partial charge in [0.2, 0.25) is 0 Å². The molecule has 0 aliphatic carbocycles. The van der Waals surface area contributed by atoms with E-state index < -0.39 is 0 Å². The Bertz CT molecular complexity index is 983. The van der Waals surface area contributed by atoms with Gasteiger partial charge in [0, 0.05) is 34.4 Å². The summed E-state index contributed by atoms with van der Waals surface area (Å²) in [6.07, 6.45) is 5.46. The normalized spacial score (nSPS) is 10.8. The van der Waals surface area contributed by atoms with E-state index in [1.54, 1.807) is 24.3 Å². The van der Waals surface area contributed by atoms with Crippen molar-refractivity contribution < 1.29 is 0 Å². The molecule has 4 aromatic rings. The second-order valence-electron chi connectivity index (χ2n) is 5.65. The summed E-state index contributed by atoms with van der Waals surface area (Å²) in [5.74, 6) is 0.771. The second kappa shape index (κ2) is 7.72. The second-order valence-corrected chi connectivity index (χ2v) is 7.06. The molecular formula is C20H15ClN4S. The standard InChI is InChI=1S/C20H15ClN4S/c21-18-4-2-1-3-16(18)13-26-20-10-9-19(23-24-20)15-5-7-17(8-6-15)25-12-11-22-14-25/h1-12,14H,13H2. The molecule has 2 aromatic heterocycles. The van der Waals surface area contributed by atoms with Crippen LogP contribution in [0.25, 0.3) is 16.9 Å². The maximum absolute atomic E-state index is 6.19. The first kappa shape index (κ1) is 16.8. The van der Waals surface area contributed by atoms with Crippen LogP contribution in [0.2, 0.25) is 5.02 Å². The smallest absolute Gasteiger partial charge is 0.119 e. The van der Waals surface area contributed by atoms with E-state index in [9.17, 15) is 0 Å². The van der Waals surface area contributed by atoms with E-state index in [-0.39, 0.29) is 0 Å².